The lowest BCUT2D eigenvalue weighted by atomic mass is 10.1. The van der Waals surface area contributed by atoms with Crippen LogP contribution in [0.15, 0.2) is 12.1 Å². The van der Waals surface area contributed by atoms with Crippen LogP contribution in [0.5, 0.6) is 5.75 Å². The number of ether oxygens (including phenoxy) is 1. The zero-order valence-corrected chi connectivity index (χ0v) is 14.8. The Morgan fingerprint density at radius 3 is 2.30 bits per heavy atom. The number of hydrogen-bond donors (Lipinski definition) is 1. The highest BCUT2D eigenvalue weighted by Gasteiger charge is 2.19. The lowest BCUT2D eigenvalue weighted by Crippen LogP contribution is -2.52. The van der Waals surface area contributed by atoms with Gasteiger partial charge in [0.15, 0.2) is 0 Å². The lowest BCUT2D eigenvalue weighted by molar-refractivity contribution is 0.142. The molecule has 0 bridgehead atoms. The van der Waals surface area contributed by atoms with Crippen molar-refractivity contribution in [2.75, 3.05) is 45.9 Å². The Morgan fingerprint density at radius 1 is 1.13 bits per heavy atom. The molecule has 1 aliphatic heterocycles. The molecular weight excluding hydrogens is 290 g/mol. The van der Waals surface area contributed by atoms with E-state index in [9.17, 15) is 4.79 Å². The van der Waals surface area contributed by atoms with Crippen LogP contribution in [0, 0.1) is 20.8 Å². The largest absolute Gasteiger partial charge is 0.491 e. The van der Waals surface area contributed by atoms with Crippen molar-refractivity contribution < 1.29 is 9.53 Å². The van der Waals surface area contributed by atoms with E-state index in [0.717, 1.165) is 49.6 Å². The Labute approximate surface area is 139 Å². The molecule has 1 aromatic carbocycles. The van der Waals surface area contributed by atoms with Gasteiger partial charge in [0, 0.05) is 26.2 Å². The molecule has 0 radical (unpaired) electrons. The van der Waals surface area contributed by atoms with Crippen LogP contribution in [-0.4, -0.2) is 61.7 Å². The summed E-state index contributed by atoms with van der Waals surface area (Å²) in [6.45, 7) is 14.0. The van der Waals surface area contributed by atoms with E-state index < -0.39 is 0 Å². The summed E-state index contributed by atoms with van der Waals surface area (Å²) >= 11 is 0. The van der Waals surface area contributed by atoms with Crippen LogP contribution >= 0.6 is 0 Å². The number of piperazine rings is 1. The highest BCUT2D eigenvalue weighted by atomic mass is 16.5. The van der Waals surface area contributed by atoms with Gasteiger partial charge in [0.2, 0.25) is 0 Å². The molecule has 1 saturated heterocycles. The van der Waals surface area contributed by atoms with Crippen molar-refractivity contribution in [1.29, 1.82) is 0 Å². The molecule has 1 aliphatic rings. The molecule has 5 heteroatoms. The van der Waals surface area contributed by atoms with Gasteiger partial charge >= 0.3 is 6.03 Å². The molecular formula is C18H29N3O2. The molecule has 0 unspecified atom stereocenters. The number of urea groups is 1. The number of carbonyl (C=O) groups excluding carboxylic acids is 1. The van der Waals surface area contributed by atoms with E-state index in [2.05, 4.69) is 50.0 Å². The van der Waals surface area contributed by atoms with Gasteiger partial charge in [-0.05, 0) is 38.4 Å². The molecule has 5 nitrogen and oxygen atoms in total. The summed E-state index contributed by atoms with van der Waals surface area (Å²) in [5.74, 6) is 0.932. The van der Waals surface area contributed by atoms with Gasteiger partial charge in [0.05, 0.1) is 6.54 Å². The third kappa shape index (κ3) is 4.86. The first-order valence-corrected chi connectivity index (χ1v) is 8.47. The SMILES string of the molecule is CCN1CCN(C(=O)NCCOc2c(C)cc(C)cc2C)CC1. The normalized spacial score (nSPS) is 15.6. The molecule has 1 heterocycles. The van der Waals surface area contributed by atoms with Crippen molar-refractivity contribution in [3.8, 4) is 5.75 Å². The second-order valence-corrected chi connectivity index (χ2v) is 6.23. The summed E-state index contributed by atoms with van der Waals surface area (Å²) < 4.78 is 5.85. The standard InChI is InChI=1S/C18H29N3O2/c1-5-20-7-9-21(10-8-20)18(22)19-6-11-23-17-15(3)12-14(2)13-16(17)4/h12-13H,5-11H2,1-4H3,(H,19,22). The molecule has 1 N–H and O–H groups in total. The van der Waals surface area contributed by atoms with E-state index >= 15 is 0 Å². The minimum absolute atomic E-state index is 0.0155. The first-order valence-electron chi connectivity index (χ1n) is 8.47. The van der Waals surface area contributed by atoms with E-state index in [1.165, 1.54) is 5.56 Å². The number of nitrogens with one attached hydrogen (secondary N) is 1. The topological polar surface area (TPSA) is 44.8 Å². The van der Waals surface area contributed by atoms with Gasteiger partial charge in [-0.25, -0.2) is 4.79 Å². The molecule has 0 aliphatic carbocycles. The number of carbonyl (C=O) groups is 1. The fourth-order valence-electron chi connectivity index (χ4n) is 3.08. The molecule has 23 heavy (non-hydrogen) atoms. The quantitative estimate of drug-likeness (QED) is 0.847. The van der Waals surface area contributed by atoms with Crippen LogP contribution in [0.1, 0.15) is 23.6 Å². The summed E-state index contributed by atoms with van der Waals surface area (Å²) in [5.41, 5.74) is 3.53. The molecule has 0 saturated carbocycles. The smallest absolute Gasteiger partial charge is 0.317 e. The molecule has 2 amide bonds. The Morgan fingerprint density at radius 2 is 1.74 bits per heavy atom. The van der Waals surface area contributed by atoms with Crippen LogP contribution in [0.25, 0.3) is 0 Å². The highest BCUT2D eigenvalue weighted by molar-refractivity contribution is 5.74. The van der Waals surface area contributed by atoms with Crippen LogP contribution in [-0.2, 0) is 0 Å². The maximum Gasteiger partial charge on any atom is 0.317 e. The summed E-state index contributed by atoms with van der Waals surface area (Å²) in [6.07, 6.45) is 0. The van der Waals surface area contributed by atoms with Gasteiger partial charge in [0.25, 0.3) is 0 Å². The Kier molecular flexibility index (Phi) is 6.28. The second-order valence-electron chi connectivity index (χ2n) is 6.23. The molecule has 1 fully saturated rings. The number of hydrogen-bond acceptors (Lipinski definition) is 3. The predicted octanol–water partition coefficient (Wildman–Crippen LogP) is 2.34. The molecule has 0 spiro atoms. The molecule has 1 aromatic rings. The fourth-order valence-corrected chi connectivity index (χ4v) is 3.08. The fraction of sp³-hybridized carbons (Fsp3) is 0.611. The van der Waals surface area contributed by atoms with Crippen LogP contribution < -0.4 is 10.1 Å². The van der Waals surface area contributed by atoms with Gasteiger partial charge in [-0.2, -0.15) is 0 Å². The predicted molar refractivity (Wildman–Crippen MR) is 93.2 cm³/mol. The van der Waals surface area contributed by atoms with Crippen molar-refractivity contribution in [3.05, 3.63) is 28.8 Å². The van der Waals surface area contributed by atoms with E-state index in [4.69, 9.17) is 4.74 Å². The summed E-state index contributed by atoms with van der Waals surface area (Å²) in [4.78, 5) is 16.4. The van der Waals surface area contributed by atoms with E-state index in [0.29, 0.717) is 13.2 Å². The van der Waals surface area contributed by atoms with Crippen molar-refractivity contribution >= 4 is 6.03 Å². The summed E-state index contributed by atoms with van der Waals surface area (Å²) in [7, 11) is 0. The Hall–Kier alpha value is -1.75. The first-order chi connectivity index (χ1) is 11.0. The van der Waals surface area contributed by atoms with E-state index in [1.54, 1.807) is 0 Å². The molecule has 0 atom stereocenters. The number of likely N-dealkylation sites (N-methyl/N-ethyl adjacent to an activating group) is 1. The number of benzene rings is 1. The summed E-state index contributed by atoms with van der Waals surface area (Å²) in [5, 5.41) is 2.95. The third-order valence-electron chi connectivity index (χ3n) is 4.34. The molecule has 0 aromatic heterocycles. The molecule has 128 valence electrons. The number of rotatable bonds is 5. The lowest BCUT2D eigenvalue weighted by Gasteiger charge is -2.34. The maximum absolute atomic E-state index is 12.1. The van der Waals surface area contributed by atoms with Gasteiger partial charge < -0.3 is 19.9 Å². The third-order valence-corrected chi connectivity index (χ3v) is 4.34. The first kappa shape index (κ1) is 17.6. The second kappa shape index (κ2) is 8.20. The van der Waals surface area contributed by atoms with Crippen LogP contribution in [0.2, 0.25) is 0 Å². The van der Waals surface area contributed by atoms with Crippen molar-refractivity contribution in [2.24, 2.45) is 0 Å². The number of aryl methyl sites for hydroxylation is 3. The molecule has 2 rings (SSSR count). The zero-order valence-electron chi connectivity index (χ0n) is 14.8. The monoisotopic (exact) mass is 319 g/mol. The van der Waals surface area contributed by atoms with Gasteiger partial charge in [-0.15, -0.1) is 0 Å². The summed E-state index contributed by atoms with van der Waals surface area (Å²) in [6, 6.07) is 4.25. The van der Waals surface area contributed by atoms with Crippen LogP contribution in [0.3, 0.4) is 0 Å². The van der Waals surface area contributed by atoms with E-state index in [1.807, 2.05) is 4.90 Å². The Bertz CT molecular complexity index is 514. The average Bonchev–Trinajstić information content (AvgIpc) is 2.53. The average molecular weight is 319 g/mol. The minimum atomic E-state index is 0.0155. The zero-order chi connectivity index (χ0) is 16.8. The van der Waals surface area contributed by atoms with Gasteiger partial charge in [0.1, 0.15) is 12.4 Å². The van der Waals surface area contributed by atoms with Gasteiger partial charge in [-0.1, -0.05) is 24.6 Å². The number of amides is 2. The maximum atomic E-state index is 12.1. The van der Waals surface area contributed by atoms with Crippen LogP contribution in [0.4, 0.5) is 4.79 Å². The van der Waals surface area contributed by atoms with Crippen molar-refractivity contribution in [2.45, 2.75) is 27.7 Å². The van der Waals surface area contributed by atoms with Gasteiger partial charge in [-0.3, -0.25) is 0 Å². The highest BCUT2D eigenvalue weighted by Crippen LogP contribution is 2.24. The number of nitrogens with zero attached hydrogens (tertiary/aromatic N) is 2. The Balaban J connectivity index is 1.72. The van der Waals surface area contributed by atoms with E-state index in [-0.39, 0.29) is 6.03 Å². The minimum Gasteiger partial charge on any atom is -0.491 e. The van der Waals surface area contributed by atoms with Crippen molar-refractivity contribution in [1.82, 2.24) is 15.1 Å². The van der Waals surface area contributed by atoms with Crippen molar-refractivity contribution in [3.63, 3.8) is 0 Å².